The summed E-state index contributed by atoms with van der Waals surface area (Å²) in [4.78, 5) is 7.07. The molecule has 4 nitrogen and oxygen atoms in total. The second-order valence-corrected chi connectivity index (χ2v) is 5.76. The summed E-state index contributed by atoms with van der Waals surface area (Å²) in [5.74, 6) is 1.54. The van der Waals surface area contributed by atoms with Gasteiger partial charge >= 0.3 is 0 Å². The van der Waals surface area contributed by atoms with Crippen molar-refractivity contribution < 1.29 is 0 Å². The van der Waals surface area contributed by atoms with Gasteiger partial charge in [-0.05, 0) is 31.4 Å². The molecule has 2 unspecified atom stereocenters. The number of aromatic nitrogens is 2. The van der Waals surface area contributed by atoms with Crippen molar-refractivity contribution in [2.24, 2.45) is 11.7 Å². The first-order chi connectivity index (χ1) is 9.65. The van der Waals surface area contributed by atoms with E-state index in [0.717, 1.165) is 36.8 Å². The molecule has 0 amide bonds. The maximum absolute atomic E-state index is 6.12. The van der Waals surface area contributed by atoms with E-state index in [0.29, 0.717) is 12.0 Å². The highest BCUT2D eigenvalue weighted by molar-refractivity contribution is 5.45. The van der Waals surface area contributed by atoms with Crippen LogP contribution in [-0.2, 0) is 0 Å². The summed E-state index contributed by atoms with van der Waals surface area (Å²) in [6, 6.07) is 10.7. The van der Waals surface area contributed by atoms with Crippen LogP contribution in [0.4, 0.5) is 5.95 Å². The van der Waals surface area contributed by atoms with Crippen LogP contribution in [0, 0.1) is 12.8 Å². The third kappa shape index (κ3) is 2.43. The summed E-state index contributed by atoms with van der Waals surface area (Å²) in [5.41, 5.74) is 8.32. The average molecular weight is 270 g/mol. The Labute approximate surface area is 120 Å². The number of benzene rings is 1. The van der Waals surface area contributed by atoms with E-state index in [-0.39, 0.29) is 0 Å². The van der Waals surface area contributed by atoms with Crippen molar-refractivity contribution in [1.82, 2.24) is 9.55 Å². The maximum atomic E-state index is 6.12. The van der Waals surface area contributed by atoms with Crippen molar-refractivity contribution in [2.45, 2.75) is 26.3 Å². The monoisotopic (exact) mass is 270 g/mol. The summed E-state index contributed by atoms with van der Waals surface area (Å²) in [6.45, 7) is 6.22. The van der Waals surface area contributed by atoms with E-state index in [1.807, 2.05) is 13.0 Å². The van der Waals surface area contributed by atoms with Crippen LogP contribution in [0.1, 0.15) is 19.0 Å². The number of piperidine rings is 1. The Morgan fingerprint density at radius 1 is 1.25 bits per heavy atom. The number of nitrogens with two attached hydrogens (primary N) is 1. The van der Waals surface area contributed by atoms with Crippen LogP contribution in [0.5, 0.6) is 0 Å². The molecule has 106 valence electrons. The summed E-state index contributed by atoms with van der Waals surface area (Å²) < 4.78 is 2.18. The third-order valence-electron chi connectivity index (χ3n) is 4.10. The molecule has 0 saturated carbocycles. The van der Waals surface area contributed by atoms with Crippen LogP contribution in [0.25, 0.3) is 5.69 Å². The molecule has 1 aliphatic heterocycles. The molecule has 1 aliphatic rings. The summed E-state index contributed by atoms with van der Waals surface area (Å²) in [6.07, 6.45) is 3.13. The number of hydrogen-bond donors (Lipinski definition) is 1. The molecule has 0 radical (unpaired) electrons. The quantitative estimate of drug-likeness (QED) is 0.911. The van der Waals surface area contributed by atoms with Gasteiger partial charge in [0.15, 0.2) is 0 Å². The summed E-state index contributed by atoms with van der Waals surface area (Å²) in [5, 5.41) is 0. The summed E-state index contributed by atoms with van der Waals surface area (Å²) in [7, 11) is 0. The Morgan fingerprint density at radius 2 is 2.00 bits per heavy atom. The highest BCUT2D eigenvalue weighted by atomic mass is 15.3. The lowest BCUT2D eigenvalue weighted by Gasteiger charge is -2.35. The molecule has 2 atom stereocenters. The highest BCUT2D eigenvalue weighted by Gasteiger charge is 2.26. The van der Waals surface area contributed by atoms with E-state index in [1.54, 1.807) is 0 Å². The van der Waals surface area contributed by atoms with E-state index < -0.39 is 0 Å². The second kappa shape index (κ2) is 5.29. The number of aryl methyl sites for hydroxylation is 1. The lowest BCUT2D eigenvalue weighted by molar-refractivity contribution is 0.379. The Hall–Kier alpha value is -1.81. The van der Waals surface area contributed by atoms with E-state index in [1.165, 1.54) is 0 Å². The smallest absolute Gasteiger partial charge is 0.210 e. The van der Waals surface area contributed by atoms with Crippen molar-refractivity contribution >= 4 is 5.95 Å². The zero-order valence-corrected chi connectivity index (χ0v) is 12.2. The van der Waals surface area contributed by atoms with Crippen LogP contribution >= 0.6 is 0 Å². The Morgan fingerprint density at radius 3 is 2.70 bits per heavy atom. The topological polar surface area (TPSA) is 47.1 Å². The number of rotatable bonds is 2. The molecule has 1 aromatic heterocycles. The van der Waals surface area contributed by atoms with Gasteiger partial charge in [0.1, 0.15) is 0 Å². The molecule has 0 aliphatic carbocycles. The molecular weight excluding hydrogens is 248 g/mol. The molecule has 1 saturated heterocycles. The van der Waals surface area contributed by atoms with Crippen molar-refractivity contribution in [3.05, 3.63) is 42.2 Å². The van der Waals surface area contributed by atoms with Crippen LogP contribution in [0.15, 0.2) is 36.5 Å². The normalized spacial score (nSPS) is 23.1. The van der Waals surface area contributed by atoms with Crippen molar-refractivity contribution in [3.63, 3.8) is 0 Å². The van der Waals surface area contributed by atoms with E-state index in [2.05, 4.69) is 46.9 Å². The molecule has 20 heavy (non-hydrogen) atoms. The lowest BCUT2D eigenvalue weighted by Crippen LogP contribution is -2.46. The Kier molecular flexibility index (Phi) is 3.49. The standard InChI is InChI=1S/C16H22N4/c1-12-10-19(9-8-15(12)17)16-18-13(2)11-20(16)14-6-4-3-5-7-14/h3-7,11-12,15H,8-10,17H2,1-2H3. The van der Waals surface area contributed by atoms with Crippen molar-refractivity contribution in [3.8, 4) is 5.69 Å². The first-order valence-corrected chi connectivity index (χ1v) is 7.27. The van der Waals surface area contributed by atoms with Crippen molar-refractivity contribution in [2.75, 3.05) is 18.0 Å². The first-order valence-electron chi connectivity index (χ1n) is 7.27. The van der Waals surface area contributed by atoms with Crippen LogP contribution in [-0.4, -0.2) is 28.7 Å². The fraction of sp³-hybridized carbons (Fsp3) is 0.438. The van der Waals surface area contributed by atoms with Gasteiger partial charge < -0.3 is 10.6 Å². The largest absolute Gasteiger partial charge is 0.342 e. The van der Waals surface area contributed by atoms with Gasteiger partial charge in [-0.3, -0.25) is 4.57 Å². The third-order valence-corrected chi connectivity index (χ3v) is 4.10. The zero-order valence-electron chi connectivity index (χ0n) is 12.2. The highest BCUT2D eigenvalue weighted by Crippen LogP contribution is 2.24. The van der Waals surface area contributed by atoms with Gasteiger partial charge in [0, 0.05) is 31.0 Å². The lowest BCUT2D eigenvalue weighted by atomic mass is 9.95. The minimum absolute atomic E-state index is 0.312. The first kappa shape index (κ1) is 13.2. The van der Waals surface area contributed by atoms with Gasteiger partial charge in [-0.25, -0.2) is 4.98 Å². The Balaban J connectivity index is 1.94. The maximum Gasteiger partial charge on any atom is 0.210 e. The Bertz CT molecular complexity index is 575. The minimum atomic E-state index is 0.312. The van der Waals surface area contributed by atoms with E-state index in [4.69, 9.17) is 10.7 Å². The van der Waals surface area contributed by atoms with Crippen LogP contribution < -0.4 is 10.6 Å². The van der Waals surface area contributed by atoms with Crippen molar-refractivity contribution in [1.29, 1.82) is 0 Å². The molecule has 3 rings (SSSR count). The molecule has 0 spiro atoms. The number of para-hydroxylation sites is 1. The van der Waals surface area contributed by atoms with Gasteiger partial charge in [0.25, 0.3) is 0 Å². The zero-order chi connectivity index (χ0) is 14.1. The number of anilines is 1. The van der Waals surface area contributed by atoms with E-state index >= 15 is 0 Å². The predicted octanol–water partition coefficient (Wildman–Crippen LogP) is 2.35. The SMILES string of the molecule is Cc1cn(-c2ccccc2)c(N2CCC(N)C(C)C2)n1. The number of nitrogens with zero attached hydrogens (tertiary/aromatic N) is 3. The minimum Gasteiger partial charge on any atom is -0.342 e. The summed E-state index contributed by atoms with van der Waals surface area (Å²) >= 11 is 0. The second-order valence-electron chi connectivity index (χ2n) is 5.76. The van der Waals surface area contributed by atoms with Gasteiger partial charge in [-0.2, -0.15) is 0 Å². The fourth-order valence-corrected chi connectivity index (χ4v) is 2.83. The molecule has 2 aromatic rings. The van der Waals surface area contributed by atoms with Gasteiger partial charge in [-0.1, -0.05) is 25.1 Å². The molecule has 2 heterocycles. The van der Waals surface area contributed by atoms with E-state index in [9.17, 15) is 0 Å². The molecule has 1 fully saturated rings. The number of hydrogen-bond acceptors (Lipinski definition) is 3. The molecule has 4 heteroatoms. The van der Waals surface area contributed by atoms with Crippen LogP contribution in [0.2, 0.25) is 0 Å². The average Bonchev–Trinajstić information content (AvgIpc) is 2.85. The molecule has 2 N–H and O–H groups in total. The molecule has 1 aromatic carbocycles. The van der Waals surface area contributed by atoms with Gasteiger partial charge in [0.2, 0.25) is 5.95 Å². The molecule has 0 bridgehead atoms. The van der Waals surface area contributed by atoms with Gasteiger partial charge in [-0.15, -0.1) is 0 Å². The number of imidazole rings is 1. The van der Waals surface area contributed by atoms with Gasteiger partial charge in [0.05, 0.1) is 5.69 Å². The predicted molar refractivity (Wildman–Crippen MR) is 82.3 cm³/mol. The van der Waals surface area contributed by atoms with Crippen LogP contribution in [0.3, 0.4) is 0 Å². The molecular formula is C16H22N4. The fourth-order valence-electron chi connectivity index (χ4n) is 2.83.